The lowest BCUT2D eigenvalue weighted by molar-refractivity contribution is -0.141. The van der Waals surface area contributed by atoms with E-state index >= 15 is 0 Å². The van der Waals surface area contributed by atoms with E-state index < -0.39 is 22.1 Å². The first-order valence-corrected chi connectivity index (χ1v) is 7.76. The van der Waals surface area contributed by atoms with Crippen molar-refractivity contribution in [3.63, 3.8) is 0 Å². The molecule has 0 radical (unpaired) electrons. The van der Waals surface area contributed by atoms with E-state index in [-0.39, 0.29) is 6.54 Å². The van der Waals surface area contributed by atoms with E-state index in [2.05, 4.69) is 4.72 Å². The van der Waals surface area contributed by atoms with Crippen molar-refractivity contribution in [1.82, 2.24) is 9.03 Å². The van der Waals surface area contributed by atoms with Crippen LogP contribution in [0.4, 0.5) is 0 Å². The summed E-state index contributed by atoms with van der Waals surface area (Å²) in [5.74, 6) is -1.45. The van der Waals surface area contributed by atoms with Crippen molar-refractivity contribution in [3.8, 4) is 0 Å². The third-order valence-electron chi connectivity index (χ3n) is 2.57. The molecule has 0 amide bonds. The predicted octanol–water partition coefficient (Wildman–Crippen LogP) is 1.05. The van der Waals surface area contributed by atoms with Gasteiger partial charge in [0.25, 0.3) is 10.2 Å². The molecule has 18 heavy (non-hydrogen) atoms. The fraction of sp³-hybridized carbons (Fsp3) is 0.909. The highest BCUT2D eigenvalue weighted by Crippen LogP contribution is 2.04. The zero-order valence-corrected chi connectivity index (χ0v) is 12.2. The Morgan fingerprint density at radius 3 is 2.17 bits per heavy atom. The molecule has 108 valence electrons. The van der Waals surface area contributed by atoms with Crippen molar-refractivity contribution in [2.24, 2.45) is 5.92 Å². The van der Waals surface area contributed by atoms with Gasteiger partial charge in [-0.1, -0.05) is 20.8 Å². The summed E-state index contributed by atoms with van der Waals surface area (Å²) in [7, 11) is -3.48. The van der Waals surface area contributed by atoms with E-state index in [1.54, 1.807) is 6.92 Å². The van der Waals surface area contributed by atoms with Crippen LogP contribution in [0, 0.1) is 5.92 Å². The second-order valence-corrected chi connectivity index (χ2v) is 6.08. The highest BCUT2D eigenvalue weighted by molar-refractivity contribution is 7.87. The Morgan fingerprint density at radius 1 is 1.28 bits per heavy atom. The lowest BCUT2D eigenvalue weighted by atomic mass is 10.1. The van der Waals surface area contributed by atoms with Crippen LogP contribution in [0.25, 0.3) is 0 Å². The minimum absolute atomic E-state index is 0.153. The smallest absolute Gasteiger partial charge is 0.306 e. The van der Waals surface area contributed by atoms with E-state index in [0.717, 1.165) is 12.8 Å². The molecule has 0 aliphatic heterocycles. The first-order valence-electron chi connectivity index (χ1n) is 6.32. The molecule has 0 fully saturated rings. The van der Waals surface area contributed by atoms with Gasteiger partial charge >= 0.3 is 5.97 Å². The summed E-state index contributed by atoms with van der Waals surface area (Å²) >= 11 is 0. The molecule has 1 unspecified atom stereocenters. The lowest BCUT2D eigenvalue weighted by Gasteiger charge is -2.21. The number of nitrogens with one attached hydrogen (secondary N) is 1. The van der Waals surface area contributed by atoms with Gasteiger partial charge in [0.2, 0.25) is 0 Å². The Morgan fingerprint density at radius 2 is 1.78 bits per heavy atom. The van der Waals surface area contributed by atoms with Crippen LogP contribution in [0.3, 0.4) is 0 Å². The van der Waals surface area contributed by atoms with E-state index in [4.69, 9.17) is 5.11 Å². The van der Waals surface area contributed by atoms with E-state index in [9.17, 15) is 13.2 Å². The van der Waals surface area contributed by atoms with Gasteiger partial charge in [0.15, 0.2) is 0 Å². The molecular weight excluding hydrogens is 256 g/mol. The number of hydrogen-bond donors (Lipinski definition) is 2. The molecular formula is C11H24N2O4S. The van der Waals surface area contributed by atoms with Gasteiger partial charge in [-0.3, -0.25) is 4.79 Å². The summed E-state index contributed by atoms with van der Waals surface area (Å²) in [4.78, 5) is 10.6. The molecule has 0 aromatic heterocycles. The van der Waals surface area contributed by atoms with Crippen molar-refractivity contribution >= 4 is 16.2 Å². The first-order chi connectivity index (χ1) is 8.35. The average Bonchev–Trinajstić information content (AvgIpc) is 2.28. The van der Waals surface area contributed by atoms with Gasteiger partial charge in [0.05, 0.1) is 5.92 Å². The van der Waals surface area contributed by atoms with Crippen molar-refractivity contribution < 1.29 is 18.3 Å². The van der Waals surface area contributed by atoms with E-state index in [1.165, 1.54) is 4.31 Å². The van der Waals surface area contributed by atoms with Crippen LogP contribution >= 0.6 is 0 Å². The zero-order valence-electron chi connectivity index (χ0n) is 11.3. The molecule has 0 aliphatic rings. The fourth-order valence-corrected chi connectivity index (χ4v) is 2.87. The van der Waals surface area contributed by atoms with Crippen LogP contribution in [-0.4, -0.2) is 43.4 Å². The summed E-state index contributed by atoms with van der Waals surface area (Å²) < 4.78 is 27.7. The summed E-state index contributed by atoms with van der Waals surface area (Å²) in [6.45, 7) is 6.52. The van der Waals surface area contributed by atoms with Crippen LogP contribution in [0.15, 0.2) is 0 Å². The molecule has 6 nitrogen and oxygen atoms in total. The van der Waals surface area contributed by atoms with Gasteiger partial charge < -0.3 is 5.11 Å². The maximum Gasteiger partial charge on any atom is 0.306 e. The number of hydrogen-bond acceptors (Lipinski definition) is 3. The van der Waals surface area contributed by atoms with Crippen LogP contribution in [0.2, 0.25) is 0 Å². The highest BCUT2D eigenvalue weighted by Gasteiger charge is 2.20. The molecule has 0 aromatic rings. The van der Waals surface area contributed by atoms with Crippen molar-refractivity contribution in [3.05, 3.63) is 0 Å². The zero-order chi connectivity index (χ0) is 14.2. The standard InChI is InChI=1S/C11H24N2O4S/c1-4-8-13(9-5-2)18(16,17)12-7-6-10(3)11(14)15/h10,12H,4-9H2,1-3H3,(H,14,15). The van der Waals surface area contributed by atoms with Crippen LogP contribution in [0.5, 0.6) is 0 Å². The second kappa shape index (κ2) is 8.44. The Balaban J connectivity index is 4.31. The van der Waals surface area contributed by atoms with E-state index in [1.807, 2.05) is 13.8 Å². The molecule has 0 bridgehead atoms. The van der Waals surface area contributed by atoms with Crippen molar-refractivity contribution in [2.75, 3.05) is 19.6 Å². The Kier molecular flexibility index (Phi) is 8.13. The summed E-state index contributed by atoms with van der Waals surface area (Å²) in [6, 6.07) is 0. The molecule has 2 N–H and O–H groups in total. The predicted molar refractivity (Wildman–Crippen MR) is 70.5 cm³/mol. The Bertz CT molecular complexity index is 337. The molecule has 0 saturated heterocycles. The molecule has 7 heteroatoms. The van der Waals surface area contributed by atoms with Gasteiger partial charge in [-0.05, 0) is 19.3 Å². The van der Waals surface area contributed by atoms with Gasteiger partial charge in [-0.15, -0.1) is 0 Å². The maximum atomic E-state index is 11.9. The quantitative estimate of drug-likeness (QED) is 0.626. The van der Waals surface area contributed by atoms with Gasteiger partial charge in [0.1, 0.15) is 0 Å². The topological polar surface area (TPSA) is 86.7 Å². The Labute approximate surface area is 110 Å². The van der Waals surface area contributed by atoms with Gasteiger partial charge in [-0.2, -0.15) is 12.7 Å². The summed E-state index contributed by atoms with van der Waals surface area (Å²) in [6.07, 6.45) is 1.81. The van der Waals surface area contributed by atoms with Gasteiger partial charge in [0, 0.05) is 19.6 Å². The van der Waals surface area contributed by atoms with Crippen LogP contribution < -0.4 is 4.72 Å². The third kappa shape index (κ3) is 6.32. The number of carboxylic acids is 1. The maximum absolute atomic E-state index is 11.9. The molecule has 0 spiro atoms. The first kappa shape index (κ1) is 17.3. The molecule has 0 saturated carbocycles. The third-order valence-corrected chi connectivity index (χ3v) is 4.18. The van der Waals surface area contributed by atoms with Crippen LogP contribution in [0.1, 0.15) is 40.0 Å². The summed E-state index contributed by atoms with van der Waals surface area (Å²) in [5.41, 5.74) is 0. The van der Waals surface area contributed by atoms with Crippen LogP contribution in [-0.2, 0) is 15.0 Å². The monoisotopic (exact) mass is 280 g/mol. The summed E-state index contributed by atoms with van der Waals surface area (Å²) in [5, 5.41) is 8.70. The number of carboxylic acid groups (broad SMARTS) is 1. The minimum Gasteiger partial charge on any atom is -0.481 e. The Hall–Kier alpha value is -0.660. The van der Waals surface area contributed by atoms with Crippen molar-refractivity contribution in [1.29, 1.82) is 0 Å². The number of rotatable bonds is 10. The normalized spacial score (nSPS) is 13.8. The van der Waals surface area contributed by atoms with E-state index in [0.29, 0.717) is 19.5 Å². The molecule has 1 atom stereocenters. The average molecular weight is 280 g/mol. The minimum atomic E-state index is -3.48. The second-order valence-electron chi connectivity index (χ2n) is 4.33. The molecule has 0 rings (SSSR count). The highest BCUT2D eigenvalue weighted by atomic mass is 32.2. The van der Waals surface area contributed by atoms with Crippen molar-refractivity contribution in [2.45, 2.75) is 40.0 Å². The number of carbonyl (C=O) groups is 1. The molecule has 0 heterocycles. The lowest BCUT2D eigenvalue weighted by Crippen LogP contribution is -2.42. The fourth-order valence-electron chi connectivity index (χ4n) is 1.47. The number of nitrogens with zero attached hydrogens (tertiary/aromatic N) is 1. The number of aliphatic carboxylic acids is 1. The SMILES string of the molecule is CCCN(CCC)S(=O)(=O)NCCC(C)C(=O)O. The molecule has 0 aromatic carbocycles. The molecule has 0 aliphatic carbocycles. The van der Waals surface area contributed by atoms with Gasteiger partial charge in [-0.25, -0.2) is 4.72 Å². The largest absolute Gasteiger partial charge is 0.481 e.